The minimum atomic E-state index is -0.760. The molecule has 28 heavy (non-hydrogen) atoms. The average Bonchev–Trinajstić information content (AvgIpc) is 3.16. The largest absolute Gasteiger partial charge is 0.493 e. The number of para-hydroxylation sites is 2. The van der Waals surface area contributed by atoms with E-state index in [0.29, 0.717) is 36.7 Å². The molecule has 0 unspecified atom stereocenters. The molecule has 0 fully saturated rings. The van der Waals surface area contributed by atoms with Gasteiger partial charge in [-0.05, 0) is 26.0 Å². The summed E-state index contributed by atoms with van der Waals surface area (Å²) in [5, 5.41) is 10.7. The van der Waals surface area contributed by atoms with Crippen molar-refractivity contribution in [2.75, 3.05) is 13.2 Å². The first-order valence-electron chi connectivity index (χ1n) is 8.82. The van der Waals surface area contributed by atoms with E-state index in [1.807, 2.05) is 6.92 Å². The van der Waals surface area contributed by atoms with E-state index in [0.717, 1.165) is 10.3 Å². The molecule has 0 bridgehead atoms. The van der Waals surface area contributed by atoms with Crippen LogP contribution in [0.1, 0.15) is 25.1 Å². The normalized spacial score (nSPS) is 11.6. The smallest absolute Gasteiger partial charge is 0.335 e. The molecule has 0 aliphatic carbocycles. The summed E-state index contributed by atoms with van der Waals surface area (Å²) in [7, 11) is 0. The molecule has 3 aromatic rings. The fourth-order valence-electron chi connectivity index (χ4n) is 2.84. The van der Waals surface area contributed by atoms with Gasteiger partial charge in [0.25, 0.3) is 5.56 Å². The Kier molecular flexibility index (Phi) is 5.73. The zero-order chi connectivity index (χ0) is 20.1. The van der Waals surface area contributed by atoms with Crippen molar-refractivity contribution in [2.24, 2.45) is 4.99 Å². The third-order valence-corrected chi connectivity index (χ3v) is 4.14. The number of nitrogens with one attached hydrogen (secondary N) is 2. The first kappa shape index (κ1) is 19.2. The first-order valence-corrected chi connectivity index (χ1v) is 8.82. The molecule has 1 aromatic carbocycles. The summed E-state index contributed by atoms with van der Waals surface area (Å²) >= 11 is 0. The third-order valence-electron chi connectivity index (χ3n) is 4.14. The van der Waals surface area contributed by atoms with Crippen LogP contribution in [0.15, 0.2) is 51.4 Å². The second kappa shape index (κ2) is 8.38. The van der Waals surface area contributed by atoms with Crippen molar-refractivity contribution in [3.8, 4) is 17.3 Å². The molecule has 9 heteroatoms. The van der Waals surface area contributed by atoms with Crippen molar-refractivity contribution in [3.63, 3.8) is 0 Å². The predicted octanol–water partition coefficient (Wildman–Crippen LogP) is 1.40. The quantitative estimate of drug-likeness (QED) is 0.532. The van der Waals surface area contributed by atoms with Crippen LogP contribution in [-0.4, -0.2) is 43.5 Å². The monoisotopic (exact) mass is 383 g/mol. The number of nitrogens with zero attached hydrogens (tertiary/aromatic N) is 3. The number of hydrogen-bond acceptors (Lipinski definition) is 6. The van der Waals surface area contributed by atoms with Gasteiger partial charge in [0.05, 0.1) is 18.6 Å². The van der Waals surface area contributed by atoms with Gasteiger partial charge >= 0.3 is 5.69 Å². The Bertz CT molecular complexity index is 1100. The molecule has 3 rings (SSSR count). The van der Waals surface area contributed by atoms with E-state index < -0.39 is 17.1 Å². The molecular formula is C19H21N5O4. The third kappa shape index (κ3) is 3.88. The van der Waals surface area contributed by atoms with Gasteiger partial charge in [-0.1, -0.05) is 12.1 Å². The first-order chi connectivity index (χ1) is 13.5. The molecule has 0 aliphatic heterocycles. The molecule has 0 atom stereocenters. The van der Waals surface area contributed by atoms with Crippen molar-refractivity contribution in [1.82, 2.24) is 19.5 Å². The summed E-state index contributed by atoms with van der Waals surface area (Å²) in [6, 6.07) is 6.77. The molecule has 0 radical (unpaired) electrons. The van der Waals surface area contributed by atoms with Crippen LogP contribution in [-0.2, 0) is 6.42 Å². The molecule has 0 aliphatic rings. The Morgan fingerprint density at radius 2 is 2.11 bits per heavy atom. The Balaban J connectivity index is 2.03. The minimum absolute atomic E-state index is 0.0597. The van der Waals surface area contributed by atoms with Crippen LogP contribution in [0.5, 0.6) is 11.6 Å². The fraction of sp³-hybridized carbons (Fsp3) is 0.263. The highest BCUT2D eigenvalue weighted by Crippen LogP contribution is 2.25. The van der Waals surface area contributed by atoms with E-state index >= 15 is 0 Å². The van der Waals surface area contributed by atoms with Crippen LogP contribution >= 0.6 is 0 Å². The van der Waals surface area contributed by atoms with Gasteiger partial charge in [0, 0.05) is 30.6 Å². The van der Waals surface area contributed by atoms with Crippen LogP contribution in [0.3, 0.4) is 0 Å². The highest BCUT2D eigenvalue weighted by atomic mass is 16.5. The Morgan fingerprint density at radius 1 is 1.32 bits per heavy atom. The summed E-state index contributed by atoms with van der Waals surface area (Å²) < 4.78 is 6.55. The molecule has 146 valence electrons. The lowest BCUT2D eigenvalue weighted by Gasteiger charge is -2.15. The SMILES string of the molecule is CCOc1ccccc1-n1c(O)c(C(C)=NCCc2cnc[nH]2)c(=O)[nH]c1=O. The molecule has 9 nitrogen and oxygen atoms in total. The molecule has 0 amide bonds. The van der Waals surface area contributed by atoms with Crippen LogP contribution in [0, 0.1) is 0 Å². The Morgan fingerprint density at radius 3 is 2.82 bits per heavy atom. The number of aromatic amines is 2. The summed E-state index contributed by atoms with van der Waals surface area (Å²) in [6.07, 6.45) is 3.87. The molecule has 0 saturated heterocycles. The molecule has 2 heterocycles. The topological polar surface area (TPSA) is 125 Å². The van der Waals surface area contributed by atoms with Crippen molar-refractivity contribution >= 4 is 5.71 Å². The summed E-state index contributed by atoms with van der Waals surface area (Å²) in [4.78, 5) is 38.2. The van der Waals surface area contributed by atoms with Crippen LogP contribution in [0.4, 0.5) is 0 Å². The fourth-order valence-corrected chi connectivity index (χ4v) is 2.84. The van der Waals surface area contributed by atoms with E-state index in [4.69, 9.17) is 4.74 Å². The van der Waals surface area contributed by atoms with Gasteiger partial charge in [-0.15, -0.1) is 0 Å². The van der Waals surface area contributed by atoms with Crippen molar-refractivity contribution in [2.45, 2.75) is 20.3 Å². The predicted molar refractivity (Wildman–Crippen MR) is 105 cm³/mol. The van der Waals surface area contributed by atoms with Crippen LogP contribution in [0.2, 0.25) is 0 Å². The van der Waals surface area contributed by atoms with Gasteiger partial charge in [0.1, 0.15) is 11.3 Å². The minimum Gasteiger partial charge on any atom is -0.493 e. The number of benzene rings is 1. The number of ether oxygens (including phenoxy) is 1. The molecule has 2 aromatic heterocycles. The molecule has 0 spiro atoms. The molecular weight excluding hydrogens is 362 g/mol. The van der Waals surface area contributed by atoms with Crippen LogP contribution < -0.4 is 16.0 Å². The number of rotatable bonds is 7. The van der Waals surface area contributed by atoms with Gasteiger partial charge in [0.15, 0.2) is 0 Å². The zero-order valence-electron chi connectivity index (χ0n) is 15.6. The van der Waals surface area contributed by atoms with Gasteiger partial charge in [0.2, 0.25) is 5.88 Å². The summed E-state index contributed by atoms with van der Waals surface area (Å²) in [6.45, 7) is 4.20. The maximum Gasteiger partial charge on any atom is 0.335 e. The highest BCUT2D eigenvalue weighted by Gasteiger charge is 2.19. The summed E-state index contributed by atoms with van der Waals surface area (Å²) in [5.41, 5.74) is 0.0374. The second-order valence-corrected chi connectivity index (χ2v) is 5.99. The zero-order valence-corrected chi connectivity index (χ0v) is 15.6. The van der Waals surface area contributed by atoms with E-state index in [1.165, 1.54) is 0 Å². The lowest BCUT2D eigenvalue weighted by atomic mass is 10.2. The van der Waals surface area contributed by atoms with Crippen molar-refractivity contribution < 1.29 is 9.84 Å². The highest BCUT2D eigenvalue weighted by molar-refractivity contribution is 6.00. The lowest BCUT2D eigenvalue weighted by molar-refractivity contribution is 0.336. The number of hydrogen-bond donors (Lipinski definition) is 3. The number of aliphatic imine (C=N–C) groups is 1. The number of imidazole rings is 1. The summed E-state index contributed by atoms with van der Waals surface area (Å²) in [5.74, 6) is -0.0714. The van der Waals surface area contributed by atoms with E-state index in [9.17, 15) is 14.7 Å². The number of aromatic hydroxyl groups is 1. The Hall–Kier alpha value is -3.62. The van der Waals surface area contributed by atoms with Gasteiger partial charge < -0.3 is 14.8 Å². The van der Waals surface area contributed by atoms with Crippen LogP contribution in [0.25, 0.3) is 5.69 Å². The maximum atomic E-state index is 12.4. The maximum absolute atomic E-state index is 12.4. The van der Waals surface area contributed by atoms with Gasteiger partial charge in [-0.2, -0.15) is 0 Å². The number of aromatic nitrogens is 4. The van der Waals surface area contributed by atoms with E-state index in [2.05, 4.69) is 19.9 Å². The van der Waals surface area contributed by atoms with Crippen molar-refractivity contribution in [3.05, 3.63) is 68.9 Å². The number of H-pyrrole nitrogens is 2. The van der Waals surface area contributed by atoms with Gasteiger partial charge in [-0.25, -0.2) is 14.3 Å². The van der Waals surface area contributed by atoms with Gasteiger partial charge in [-0.3, -0.25) is 14.8 Å². The average molecular weight is 383 g/mol. The molecule has 3 N–H and O–H groups in total. The second-order valence-electron chi connectivity index (χ2n) is 5.99. The lowest BCUT2D eigenvalue weighted by Crippen LogP contribution is -2.33. The Labute approximate surface area is 160 Å². The molecule has 0 saturated carbocycles. The standard InChI is InChI=1S/C19H21N5O4/c1-3-28-15-7-5-4-6-14(15)24-18(26)16(17(25)23-19(24)27)12(2)21-9-8-13-10-20-11-22-13/h4-7,10-11,26H,3,8-9H2,1-2H3,(H,20,22)(H,23,25,27). The van der Waals surface area contributed by atoms with E-state index in [-0.39, 0.29) is 5.56 Å². The van der Waals surface area contributed by atoms with Crippen molar-refractivity contribution in [1.29, 1.82) is 0 Å². The van der Waals surface area contributed by atoms with E-state index in [1.54, 1.807) is 43.7 Å².